The van der Waals surface area contributed by atoms with Gasteiger partial charge in [-0.25, -0.2) is 0 Å². The minimum absolute atomic E-state index is 0.712. The minimum atomic E-state index is 0.712. The second-order valence-electron chi connectivity index (χ2n) is 3.49. The Kier molecular flexibility index (Phi) is 3.87. The molecule has 1 rings (SSSR count). The molecule has 2 unspecified atom stereocenters. The molecule has 0 amide bonds. The van der Waals surface area contributed by atoms with Gasteiger partial charge < -0.3 is 10.6 Å². The summed E-state index contributed by atoms with van der Waals surface area (Å²) in [6, 6.07) is 0.712. The second-order valence-corrected chi connectivity index (χ2v) is 3.49. The minimum Gasteiger partial charge on any atom is -0.315 e. The van der Waals surface area contributed by atoms with Crippen molar-refractivity contribution in [1.29, 1.82) is 0 Å². The third-order valence-electron chi connectivity index (χ3n) is 2.54. The van der Waals surface area contributed by atoms with E-state index in [2.05, 4.69) is 24.5 Å². The zero-order chi connectivity index (χ0) is 8.10. The van der Waals surface area contributed by atoms with E-state index in [1.165, 1.54) is 19.4 Å². The molecule has 0 radical (unpaired) electrons. The molecule has 2 N–H and O–H groups in total. The lowest BCUT2D eigenvalue weighted by Gasteiger charge is -2.30. The maximum atomic E-state index is 3.54. The smallest absolute Gasteiger partial charge is 0.0218 e. The van der Waals surface area contributed by atoms with Crippen LogP contribution in [0.15, 0.2) is 0 Å². The normalized spacial score (nSPS) is 32.2. The van der Waals surface area contributed by atoms with Gasteiger partial charge in [0.05, 0.1) is 0 Å². The number of piperidine rings is 1. The predicted octanol–water partition coefficient (Wildman–Crippen LogP) is 0.984. The molecule has 0 saturated carbocycles. The van der Waals surface area contributed by atoms with Crippen molar-refractivity contribution in [1.82, 2.24) is 10.6 Å². The van der Waals surface area contributed by atoms with Crippen molar-refractivity contribution in [3.63, 3.8) is 0 Å². The lowest BCUT2D eigenvalue weighted by molar-refractivity contribution is 0.292. The largest absolute Gasteiger partial charge is 0.315 e. The van der Waals surface area contributed by atoms with Gasteiger partial charge in [0.1, 0.15) is 0 Å². The summed E-state index contributed by atoms with van der Waals surface area (Å²) in [5.41, 5.74) is 0. The van der Waals surface area contributed by atoms with Crippen molar-refractivity contribution in [3.05, 3.63) is 0 Å². The molecule has 1 heterocycles. The Bertz CT molecular complexity index is 104. The topological polar surface area (TPSA) is 24.1 Å². The van der Waals surface area contributed by atoms with Crippen molar-refractivity contribution in [3.8, 4) is 0 Å². The van der Waals surface area contributed by atoms with Gasteiger partial charge in [0, 0.05) is 12.6 Å². The molecule has 1 fully saturated rings. The van der Waals surface area contributed by atoms with Crippen LogP contribution in [0.3, 0.4) is 0 Å². The molecule has 2 heteroatoms. The standard InChI is InChI=1S/C9H20N2/c1-3-10-7-9-8(2)5-4-6-11-9/h8-11H,3-7H2,1-2H3. The Balaban J connectivity index is 2.18. The number of likely N-dealkylation sites (N-methyl/N-ethyl adjacent to an activating group) is 1. The van der Waals surface area contributed by atoms with Crippen LogP contribution in [0.4, 0.5) is 0 Å². The molecule has 66 valence electrons. The molecular formula is C9H20N2. The molecule has 0 aliphatic carbocycles. The fraction of sp³-hybridized carbons (Fsp3) is 1.00. The summed E-state index contributed by atoms with van der Waals surface area (Å²) < 4.78 is 0. The van der Waals surface area contributed by atoms with Crippen LogP contribution in [0.25, 0.3) is 0 Å². The molecule has 1 aliphatic heterocycles. The predicted molar refractivity (Wildman–Crippen MR) is 48.7 cm³/mol. The highest BCUT2D eigenvalue weighted by molar-refractivity contribution is 4.79. The number of nitrogens with one attached hydrogen (secondary N) is 2. The number of rotatable bonds is 3. The van der Waals surface area contributed by atoms with Gasteiger partial charge >= 0.3 is 0 Å². The first-order chi connectivity index (χ1) is 5.34. The van der Waals surface area contributed by atoms with E-state index in [0.717, 1.165) is 19.0 Å². The van der Waals surface area contributed by atoms with Crippen LogP contribution in [0.5, 0.6) is 0 Å². The molecule has 0 bridgehead atoms. The van der Waals surface area contributed by atoms with E-state index >= 15 is 0 Å². The van der Waals surface area contributed by atoms with Crippen LogP contribution >= 0.6 is 0 Å². The molecule has 0 aromatic rings. The highest BCUT2D eigenvalue weighted by atomic mass is 15.0. The van der Waals surface area contributed by atoms with E-state index in [9.17, 15) is 0 Å². The van der Waals surface area contributed by atoms with Crippen molar-refractivity contribution in [2.75, 3.05) is 19.6 Å². The molecular weight excluding hydrogens is 136 g/mol. The maximum Gasteiger partial charge on any atom is 0.0218 e. The van der Waals surface area contributed by atoms with Gasteiger partial charge in [0.15, 0.2) is 0 Å². The van der Waals surface area contributed by atoms with Crippen LogP contribution in [0, 0.1) is 5.92 Å². The second kappa shape index (κ2) is 4.73. The Hall–Kier alpha value is -0.0800. The van der Waals surface area contributed by atoms with Crippen molar-refractivity contribution < 1.29 is 0 Å². The zero-order valence-electron chi connectivity index (χ0n) is 7.69. The Morgan fingerprint density at radius 3 is 3.00 bits per heavy atom. The number of hydrogen-bond acceptors (Lipinski definition) is 2. The third-order valence-corrected chi connectivity index (χ3v) is 2.54. The van der Waals surface area contributed by atoms with E-state index in [4.69, 9.17) is 0 Å². The molecule has 0 aromatic heterocycles. The van der Waals surface area contributed by atoms with Crippen molar-refractivity contribution in [2.45, 2.75) is 32.7 Å². The van der Waals surface area contributed by atoms with Crippen LogP contribution in [0.1, 0.15) is 26.7 Å². The van der Waals surface area contributed by atoms with Gasteiger partial charge in [-0.1, -0.05) is 13.8 Å². The Morgan fingerprint density at radius 1 is 1.55 bits per heavy atom. The summed E-state index contributed by atoms with van der Waals surface area (Å²) in [6.45, 7) is 7.94. The average molecular weight is 156 g/mol. The molecule has 2 nitrogen and oxygen atoms in total. The summed E-state index contributed by atoms with van der Waals surface area (Å²) in [5, 5.41) is 6.93. The maximum absolute atomic E-state index is 3.54. The van der Waals surface area contributed by atoms with E-state index in [-0.39, 0.29) is 0 Å². The van der Waals surface area contributed by atoms with E-state index in [1.54, 1.807) is 0 Å². The summed E-state index contributed by atoms with van der Waals surface area (Å²) >= 11 is 0. The van der Waals surface area contributed by atoms with Gasteiger partial charge in [0.2, 0.25) is 0 Å². The Labute approximate surface area is 69.8 Å². The quantitative estimate of drug-likeness (QED) is 0.636. The first kappa shape index (κ1) is 9.01. The highest BCUT2D eigenvalue weighted by Gasteiger charge is 2.19. The fourth-order valence-electron chi connectivity index (χ4n) is 1.69. The van der Waals surface area contributed by atoms with Crippen LogP contribution < -0.4 is 10.6 Å². The van der Waals surface area contributed by atoms with Crippen LogP contribution in [-0.4, -0.2) is 25.7 Å². The molecule has 11 heavy (non-hydrogen) atoms. The fourth-order valence-corrected chi connectivity index (χ4v) is 1.69. The van der Waals surface area contributed by atoms with Gasteiger partial charge in [-0.2, -0.15) is 0 Å². The first-order valence-corrected chi connectivity index (χ1v) is 4.78. The SMILES string of the molecule is CCNCC1NCCCC1C. The average Bonchev–Trinajstić information content (AvgIpc) is 2.03. The summed E-state index contributed by atoms with van der Waals surface area (Å²) in [6.07, 6.45) is 2.74. The molecule has 0 spiro atoms. The van der Waals surface area contributed by atoms with Crippen LogP contribution in [-0.2, 0) is 0 Å². The van der Waals surface area contributed by atoms with E-state index < -0.39 is 0 Å². The van der Waals surface area contributed by atoms with Crippen molar-refractivity contribution >= 4 is 0 Å². The van der Waals surface area contributed by atoms with Gasteiger partial charge in [0.25, 0.3) is 0 Å². The monoisotopic (exact) mass is 156 g/mol. The third kappa shape index (κ3) is 2.80. The molecule has 0 aromatic carbocycles. The van der Waals surface area contributed by atoms with Gasteiger partial charge in [-0.05, 0) is 31.8 Å². The molecule has 2 atom stereocenters. The Morgan fingerprint density at radius 2 is 2.36 bits per heavy atom. The van der Waals surface area contributed by atoms with E-state index in [0.29, 0.717) is 6.04 Å². The summed E-state index contributed by atoms with van der Waals surface area (Å²) in [4.78, 5) is 0. The number of hydrogen-bond donors (Lipinski definition) is 2. The summed E-state index contributed by atoms with van der Waals surface area (Å²) in [7, 11) is 0. The zero-order valence-corrected chi connectivity index (χ0v) is 7.69. The van der Waals surface area contributed by atoms with Crippen LogP contribution in [0.2, 0.25) is 0 Å². The van der Waals surface area contributed by atoms with E-state index in [1.807, 2.05) is 0 Å². The summed E-state index contributed by atoms with van der Waals surface area (Å²) in [5.74, 6) is 0.850. The highest BCUT2D eigenvalue weighted by Crippen LogP contribution is 2.14. The lowest BCUT2D eigenvalue weighted by atomic mass is 9.93. The van der Waals surface area contributed by atoms with Gasteiger partial charge in [-0.3, -0.25) is 0 Å². The van der Waals surface area contributed by atoms with Gasteiger partial charge in [-0.15, -0.1) is 0 Å². The molecule has 1 aliphatic rings. The van der Waals surface area contributed by atoms with Crippen molar-refractivity contribution in [2.24, 2.45) is 5.92 Å². The molecule has 1 saturated heterocycles. The first-order valence-electron chi connectivity index (χ1n) is 4.78. The lowest BCUT2D eigenvalue weighted by Crippen LogP contribution is -2.46.